The van der Waals surface area contributed by atoms with Crippen molar-refractivity contribution < 1.29 is 5.11 Å². The van der Waals surface area contributed by atoms with Gasteiger partial charge in [0.2, 0.25) is 5.95 Å². The van der Waals surface area contributed by atoms with Gasteiger partial charge < -0.3 is 15.3 Å². The molecule has 0 amide bonds. The van der Waals surface area contributed by atoms with E-state index in [9.17, 15) is 0 Å². The first-order valence-corrected chi connectivity index (χ1v) is 7.48. The average Bonchev–Trinajstić information content (AvgIpc) is 2.87. The largest absolute Gasteiger partial charge is 0.395 e. The van der Waals surface area contributed by atoms with Gasteiger partial charge in [-0.05, 0) is 18.8 Å². The van der Waals surface area contributed by atoms with Gasteiger partial charge in [0.1, 0.15) is 5.82 Å². The van der Waals surface area contributed by atoms with E-state index in [1.54, 1.807) is 10.9 Å². The lowest BCUT2D eigenvalue weighted by molar-refractivity contribution is 0.311. The Bertz CT molecular complexity index is 617. The lowest BCUT2D eigenvalue weighted by Crippen LogP contribution is -2.34. The van der Waals surface area contributed by atoms with Crippen molar-refractivity contribution in [3.05, 3.63) is 6.20 Å². The van der Waals surface area contributed by atoms with Crippen LogP contribution in [-0.4, -0.2) is 51.1 Å². The molecule has 0 saturated carbocycles. The third-order valence-electron chi connectivity index (χ3n) is 4.05. The fourth-order valence-corrected chi connectivity index (χ4v) is 2.67. The first-order chi connectivity index (χ1) is 10.2. The molecule has 0 bridgehead atoms. The van der Waals surface area contributed by atoms with E-state index in [0.717, 1.165) is 41.8 Å². The minimum absolute atomic E-state index is 0.0717. The quantitative estimate of drug-likeness (QED) is 0.874. The molecule has 21 heavy (non-hydrogen) atoms. The molecule has 1 aliphatic heterocycles. The number of hydrogen-bond donors (Lipinski definition) is 2. The third kappa shape index (κ3) is 2.78. The van der Waals surface area contributed by atoms with Crippen LogP contribution in [0, 0.1) is 5.92 Å². The molecule has 7 heteroatoms. The minimum atomic E-state index is 0.0717. The fourth-order valence-electron chi connectivity index (χ4n) is 2.67. The number of anilines is 2. The topological polar surface area (TPSA) is 79.1 Å². The Morgan fingerprint density at radius 3 is 2.81 bits per heavy atom. The molecule has 0 atom stereocenters. The maximum Gasteiger partial charge on any atom is 0.229 e. The van der Waals surface area contributed by atoms with Gasteiger partial charge in [-0.2, -0.15) is 15.1 Å². The molecule has 0 aromatic carbocycles. The Hall–Kier alpha value is -1.89. The molecule has 114 valence electrons. The van der Waals surface area contributed by atoms with Crippen LogP contribution in [0.1, 0.15) is 19.8 Å². The van der Waals surface area contributed by atoms with Crippen molar-refractivity contribution in [3.63, 3.8) is 0 Å². The zero-order valence-corrected chi connectivity index (χ0v) is 12.6. The molecule has 1 aliphatic rings. The van der Waals surface area contributed by atoms with Crippen LogP contribution in [0.5, 0.6) is 0 Å². The Labute approximate surface area is 124 Å². The molecular formula is C14H22N6O. The maximum absolute atomic E-state index is 9.01. The molecule has 3 heterocycles. The fraction of sp³-hybridized carbons (Fsp3) is 0.643. The van der Waals surface area contributed by atoms with Gasteiger partial charge in [0.15, 0.2) is 5.65 Å². The van der Waals surface area contributed by atoms with E-state index in [0.29, 0.717) is 6.54 Å². The van der Waals surface area contributed by atoms with Crippen molar-refractivity contribution in [2.45, 2.75) is 19.8 Å². The summed E-state index contributed by atoms with van der Waals surface area (Å²) in [6.07, 6.45) is 4.11. The summed E-state index contributed by atoms with van der Waals surface area (Å²) in [5.74, 6) is 2.27. The molecular weight excluding hydrogens is 268 g/mol. The van der Waals surface area contributed by atoms with Gasteiger partial charge in [-0.3, -0.25) is 4.68 Å². The highest BCUT2D eigenvalue weighted by atomic mass is 16.3. The molecule has 3 rings (SSSR count). The first-order valence-electron chi connectivity index (χ1n) is 7.48. The molecule has 2 aromatic rings. The van der Waals surface area contributed by atoms with Gasteiger partial charge in [0.25, 0.3) is 0 Å². The van der Waals surface area contributed by atoms with E-state index < -0.39 is 0 Å². The van der Waals surface area contributed by atoms with E-state index in [1.807, 2.05) is 7.05 Å². The molecule has 1 fully saturated rings. The summed E-state index contributed by atoms with van der Waals surface area (Å²) in [5.41, 5.74) is 0.819. The number of aliphatic hydroxyl groups is 1. The summed E-state index contributed by atoms with van der Waals surface area (Å²) in [7, 11) is 1.88. The lowest BCUT2D eigenvalue weighted by atomic mass is 10.00. The highest BCUT2D eigenvalue weighted by molar-refractivity contribution is 5.87. The summed E-state index contributed by atoms with van der Waals surface area (Å²) in [5, 5.41) is 17.3. The van der Waals surface area contributed by atoms with E-state index in [4.69, 9.17) is 5.11 Å². The van der Waals surface area contributed by atoms with E-state index in [1.165, 1.54) is 12.8 Å². The predicted molar refractivity (Wildman–Crippen MR) is 82.5 cm³/mol. The Morgan fingerprint density at radius 2 is 2.10 bits per heavy atom. The van der Waals surface area contributed by atoms with E-state index >= 15 is 0 Å². The monoisotopic (exact) mass is 290 g/mol. The molecule has 2 N–H and O–H groups in total. The average molecular weight is 290 g/mol. The van der Waals surface area contributed by atoms with Gasteiger partial charge in [-0.25, -0.2) is 0 Å². The number of aromatic nitrogens is 4. The number of aryl methyl sites for hydroxylation is 1. The number of fused-ring (bicyclic) bond motifs is 1. The number of nitrogens with zero attached hydrogens (tertiary/aromatic N) is 5. The zero-order chi connectivity index (χ0) is 14.8. The second-order valence-electron chi connectivity index (χ2n) is 5.70. The van der Waals surface area contributed by atoms with Crippen LogP contribution in [0.3, 0.4) is 0 Å². The zero-order valence-electron chi connectivity index (χ0n) is 12.6. The van der Waals surface area contributed by atoms with Crippen molar-refractivity contribution in [2.75, 3.05) is 36.5 Å². The molecule has 0 unspecified atom stereocenters. The van der Waals surface area contributed by atoms with Gasteiger partial charge in [-0.1, -0.05) is 6.92 Å². The minimum Gasteiger partial charge on any atom is -0.395 e. The number of rotatable bonds is 4. The normalized spacial score (nSPS) is 16.6. The van der Waals surface area contributed by atoms with Crippen molar-refractivity contribution in [1.82, 2.24) is 19.7 Å². The standard InChI is InChI=1S/C14H22N6O/c1-10-3-6-20(7-4-10)14-17-12(15-5-8-21)11-9-16-19(2)13(11)18-14/h9-10,21H,3-8H2,1-2H3,(H,15,17,18). The van der Waals surface area contributed by atoms with Crippen LogP contribution >= 0.6 is 0 Å². The highest BCUT2D eigenvalue weighted by Gasteiger charge is 2.20. The SMILES string of the molecule is CC1CCN(c2nc(NCCO)c3cnn(C)c3n2)CC1. The lowest BCUT2D eigenvalue weighted by Gasteiger charge is -2.30. The summed E-state index contributed by atoms with van der Waals surface area (Å²) < 4.78 is 1.76. The van der Waals surface area contributed by atoms with Crippen LogP contribution in [0.25, 0.3) is 11.0 Å². The Balaban J connectivity index is 1.96. The Morgan fingerprint density at radius 1 is 1.33 bits per heavy atom. The summed E-state index contributed by atoms with van der Waals surface area (Å²) in [6.45, 7) is 4.81. The number of hydrogen-bond acceptors (Lipinski definition) is 6. The van der Waals surface area contributed by atoms with Gasteiger partial charge >= 0.3 is 0 Å². The van der Waals surface area contributed by atoms with E-state index in [-0.39, 0.29) is 6.61 Å². The van der Waals surface area contributed by atoms with E-state index in [2.05, 4.69) is 32.2 Å². The van der Waals surface area contributed by atoms with Crippen LogP contribution < -0.4 is 10.2 Å². The molecule has 0 spiro atoms. The number of nitrogens with one attached hydrogen (secondary N) is 1. The van der Waals surface area contributed by atoms with Gasteiger partial charge in [-0.15, -0.1) is 0 Å². The van der Waals surface area contributed by atoms with Crippen molar-refractivity contribution in [3.8, 4) is 0 Å². The molecule has 2 aromatic heterocycles. The second-order valence-corrected chi connectivity index (χ2v) is 5.70. The van der Waals surface area contributed by atoms with Crippen LogP contribution in [0.4, 0.5) is 11.8 Å². The second kappa shape index (κ2) is 5.85. The number of aliphatic hydroxyl groups excluding tert-OH is 1. The van der Waals surface area contributed by atoms with Crippen molar-refractivity contribution >= 4 is 22.8 Å². The maximum atomic E-state index is 9.01. The summed E-state index contributed by atoms with van der Waals surface area (Å²) in [4.78, 5) is 11.5. The molecule has 1 saturated heterocycles. The highest BCUT2D eigenvalue weighted by Crippen LogP contribution is 2.25. The summed E-state index contributed by atoms with van der Waals surface area (Å²) in [6, 6.07) is 0. The predicted octanol–water partition coefficient (Wildman–Crippen LogP) is 1.00. The molecule has 7 nitrogen and oxygen atoms in total. The summed E-state index contributed by atoms with van der Waals surface area (Å²) >= 11 is 0. The van der Waals surface area contributed by atoms with Crippen molar-refractivity contribution in [2.24, 2.45) is 13.0 Å². The number of piperidine rings is 1. The Kier molecular flexibility index (Phi) is 3.92. The molecule has 0 radical (unpaired) electrons. The smallest absolute Gasteiger partial charge is 0.229 e. The van der Waals surface area contributed by atoms with Crippen LogP contribution in [-0.2, 0) is 7.05 Å². The molecule has 0 aliphatic carbocycles. The van der Waals surface area contributed by atoms with Crippen LogP contribution in [0.15, 0.2) is 6.20 Å². The third-order valence-corrected chi connectivity index (χ3v) is 4.05. The van der Waals surface area contributed by atoms with Gasteiger partial charge in [0.05, 0.1) is 18.2 Å². The van der Waals surface area contributed by atoms with Gasteiger partial charge in [0, 0.05) is 26.7 Å². The van der Waals surface area contributed by atoms with Crippen LogP contribution in [0.2, 0.25) is 0 Å². The van der Waals surface area contributed by atoms with Crippen molar-refractivity contribution in [1.29, 1.82) is 0 Å². The first kappa shape index (κ1) is 14.1.